The fourth-order valence-corrected chi connectivity index (χ4v) is 4.00. The van der Waals surface area contributed by atoms with Crippen LogP contribution in [0, 0.1) is 0 Å². The second-order valence-corrected chi connectivity index (χ2v) is 8.02. The maximum absolute atomic E-state index is 12.1. The van der Waals surface area contributed by atoms with E-state index in [-0.39, 0.29) is 25.6 Å². The molecule has 0 saturated heterocycles. The van der Waals surface area contributed by atoms with E-state index in [1.165, 1.54) is 0 Å². The lowest BCUT2D eigenvalue weighted by Gasteiger charge is -2.13. The molecule has 0 amide bonds. The molecular weight excluding hydrogens is 446 g/mol. The monoisotopic (exact) mass is 475 g/mol. The minimum Gasteiger partial charge on any atom is -0.497 e. The minimum absolute atomic E-state index is 0.0772. The number of ether oxygens (including phenoxy) is 3. The first-order chi connectivity index (χ1) is 17.1. The average Bonchev–Trinajstić information content (AvgIpc) is 3.25. The van der Waals surface area contributed by atoms with Gasteiger partial charge >= 0.3 is 5.97 Å². The fraction of sp³-hybridized carbons (Fsp3) is 0.250. The Labute approximate surface area is 204 Å². The van der Waals surface area contributed by atoms with Crippen LogP contribution in [0.2, 0.25) is 0 Å². The number of fused-ring (bicyclic) bond motifs is 1. The molecule has 1 aromatic heterocycles. The Bertz CT molecular complexity index is 1330. The maximum atomic E-state index is 12.1. The molecule has 3 N–H and O–H groups in total. The first-order valence-electron chi connectivity index (χ1n) is 11.5. The highest BCUT2D eigenvalue weighted by Crippen LogP contribution is 2.33. The highest BCUT2D eigenvalue weighted by Gasteiger charge is 2.17. The summed E-state index contributed by atoms with van der Waals surface area (Å²) < 4.78 is 22.5. The van der Waals surface area contributed by atoms with Gasteiger partial charge in [0.25, 0.3) is 0 Å². The van der Waals surface area contributed by atoms with Gasteiger partial charge in [-0.25, -0.2) is 0 Å². The molecule has 0 aliphatic heterocycles. The van der Waals surface area contributed by atoms with Crippen LogP contribution in [0.15, 0.2) is 65.1 Å². The van der Waals surface area contributed by atoms with Crippen molar-refractivity contribution in [1.29, 1.82) is 0 Å². The van der Waals surface area contributed by atoms with Gasteiger partial charge in [0.15, 0.2) is 0 Å². The third-order valence-corrected chi connectivity index (χ3v) is 5.80. The second-order valence-electron chi connectivity index (χ2n) is 8.02. The van der Waals surface area contributed by atoms with Crippen LogP contribution in [0.5, 0.6) is 11.5 Å². The van der Waals surface area contributed by atoms with Gasteiger partial charge in [0.1, 0.15) is 36.1 Å². The summed E-state index contributed by atoms with van der Waals surface area (Å²) in [5.41, 5.74) is 11.0. The predicted octanol–water partition coefficient (Wildman–Crippen LogP) is 4.74. The van der Waals surface area contributed by atoms with Crippen molar-refractivity contribution in [2.24, 2.45) is 5.73 Å². The fourth-order valence-electron chi connectivity index (χ4n) is 4.00. The van der Waals surface area contributed by atoms with Crippen LogP contribution < -0.4 is 15.2 Å². The quantitative estimate of drug-likeness (QED) is 0.319. The normalized spacial score (nSPS) is 11.0. The van der Waals surface area contributed by atoms with E-state index >= 15 is 0 Å². The lowest BCUT2D eigenvalue weighted by Crippen LogP contribution is -2.09. The van der Waals surface area contributed by atoms with Crippen molar-refractivity contribution in [2.75, 3.05) is 13.7 Å². The molecular formula is C28H29NO6. The van der Waals surface area contributed by atoms with E-state index in [0.717, 1.165) is 27.6 Å². The molecule has 3 aromatic carbocycles. The molecule has 0 unspecified atom stereocenters. The molecule has 1 heterocycles. The molecule has 4 aromatic rings. The number of furan rings is 1. The number of aliphatic hydroxyl groups excluding tert-OH is 1. The summed E-state index contributed by atoms with van der Waals surface area (Å²) in [5.74, 6) is 1.20. The summed E-state index contributed by atoms with van der Waals surface area (Å²) >= 11 is 0. The van der Waals surface area contributed by atoms with Crippen LogP contribution in [-0.2, 0) is 35.7 Å². The van der Waals surface area contributed by atoms with E-state index in [0.29, 0.717) is 41.6 Å². The Kier molecular flexibility index (Phi) is 7.70. The molecule has 7 nitrogen and oxygen atoms in total. The number of carbonyl (C=O) groups is 1. The lowest BCUT2D eigenvalue weighted by molar-refractivity contribution is -0.142. The summed E-state index contributed by atoms with van der Waals surface area (Å²) in [5, 5.41) is 10.8. The van der Waals surface area contributed by atoms with E-state index < -0.39 is 0 Å². The standard InChI is InChI=1S/C28H29NO6/c1-3-33-28(31)13-21-7-9-22(32-2)14-26(21)34-17-24-23-12-20(8-10-25(23)35-27(24)16-30)19-6-4-5-18(11-19)15-29/h4-12,14,30H,3,13,15-17,29H2,1-2H3. The zero-order valence-electron chi connectivity index (χ0n) is 19.9. The molecule has 0 bridgehead atoms. The van der Waals surface area contributed by atoms with Crippen molar-refractivity contribution < 1.29 is 28.5 Å². The second kappa shape index (κ2) is 11.1. The molecule has 4 rings (SSSR count). The van der Waals surface area contributed by atoms with Gasteiger partial charge in [-0.05, 0) is 47.9 Å². The molecule has 0 aliphatic carbocycles. The smallest absolute Gasteiger partial charge is 0.310 e. The van der Waals surface area contributed by atoms with Crippen molar-refractivity contribution >= 4 is 16.9 Å². The van der Waals surface area contributed by atoms with Gasteiger partial charge in [-0.1, -0.05) is 30.3 Å². The maximum Gasteiger partial charge on any atom is 0.310 e. The topological polar surface area (TPSA) is 104 Å². The Morgan fingerprint density at radius 3 is 2.63 bits per heavy atom. The third-order valence-electron chi connectivity index (χ3n) is 5.80. The van der Waals surface area contributed by atoms with Crippen molar-refractivity contribution in [3.8, 4) is 22.6 Å². The van der Waals surface area contributed by atoms with Crippen LogP contribution in [0.3, 0.4) is 0 Å². The Hall–Kier alpha value is -3.81. The van der Waals surface area contributed by atoms with Crippen LogP contribution in [-0.4, -0.2) is 24.8 Å². The minimum atomic E-state index is -0.336. The number of hydrogen-bond acceptors (Lipinski definition) is 7. The van der Waals surface area contributed by atoms with Gasteiger partial charge in [0.2, 0.25) is 0 Å². The third kappa shape index (κ3) is 5.48. The molecule has 0 fully saturated rings. The van der Waals surface area contributed by atoms with Crippen LogP contribution in [0.4, 0.5) is 0 Å². The Balaban J connectivity index is 1.68. The number of hydrogen-bond donors (Lipinski definition) is 2. The molecule has 35 heavy (non-hydrogen) atoms. The molecule has 0 atom stereocenters. The molecule has 0 saturated carbocycles. The van der Waals surface area contributed by atoms with Crippen molar-refractivity contribution in [2.45, 2.75) is 33.1 Å². The summed E-state index contributed by atoms with van der Waals surface area (Å²) in [7, 11) is 1.57. The molecule has 0 radical (unpaired) electrons. The SMILES string of the molecule is CCOC(=O)Cc1ccc(OC)cc1OCc1c(CO)oc2ccc(-c3cccc(CN)c3)cc12. The predicted molar refractivity (Wildman–Crippen MR) is 133 cm³/mol. The Morgan fingerprint density at radius 2 is 1.89 bits per heavy atom. The van der Waals surface area contributed by atoms with Crippen LogP contribution in [0.25, 0.3) is 22.1 Å². The molecule has 0 spiro atoms. The summed E-state index contributed by atoms with van der Waals surface area (Å²) in [6.07, 6.45) is 0.0772. The van der Waals surface area contributed by atoms with Crippen LogP contribution >= 0.6 is 0 Å². The molecule has 7 heteroatoms. The lowest BCUT2D eigenvalue weighted by atomic mass is 10.0. The number of rotatable bonds is 10. The highest BCUT2D eigenvalue weighted by atomic mass is 16.5. The zero-order valence-corrected chi connectivity index (χ0v) is 19.9. The molecule has 0 aliphatic rings. The van der Waals surface area contributed by atoms with E-state index in [9.17, 15) is 9.90 Å². The zero-order chi connectivity index (χ0) is 24.8. The van der Waals surface area contributed by atoms with Gasteiger partial charge < -0.3 is 29.5 Å². The number of aliphatic hydroxyl groups is 1. The number of esters is 1. The van der Waals surface area contributed by atoms with E-state index in [1.54, 1.807) is 32.2 Å². The Morgan fingerprint density at radius 1 is 1.06 bits per heavy atom. The van der Waals surface area contributed by atoms with Crippen molar-refractivity contribution in [3.63, 3.8) is 0 Å². The highest BCUT2D eigenvalue weighted by molar-refractivity contribution is 5.87. The number of methoxy groups -OCH3 is 1. The van der Waals surface area contributed by atoms with Gasteiger partial charge in [0.05, 0.1) is 20.1 Å². The number of nitrogens with two attached hydrogens (primary N) is 1. The van der Waals surface area contributed by atoms with E-state index in [4.69, 9.17) is 24.4 Å². The van der Waals surface area contributed by atoms with Crippen molar-refractivity contribution in [3.05, 3.63) is 83.1 Å². The summed E-state index contributed by atoms with van der Waals surface area (Å²) in [4.78, 5) is 12.1. The van der Waals surface area contributed by atoms with E-state index in [1.807, 2.05) is 36.4 Å². The van der Waals surface area contributed by atoms with Gasteiger partial charge in [0, 0.05) is 29.1 Å². The molecule has 182 valence electrons. The largest absolute Gasteiger partial charge is 0.497 e. The first kappa shape index (κ1) is 24.3. The van der Waals surface area contributed by atoms with Gasteiger partial charge in [-0.15, -0.1) is 0 Å². The average molecular weight is 476 g/mol. The van der Waals surface area contributed by atoms with Gasteiger partial charge in [-0.3, -0.25) is 4.79 Å². The van der Waals surface area contributed by atoms with Crippen LogP contribution in [0.1, 0.15) is 29.4 Å². The van der Waals surface area contributed by atoms with Gasteiger partial charge in [-0.2, -0.15) is 0 Å². The number of benzene rings is 3. The van der Waals surface area contributed by atoms with Crippen molar-refractivity contribution in [1.82, 2.24) is 0 Å². The first-order valence-corrected chi connectivity index (χ1v) is 11.5. The summed E-state index contributed by atoms with van der Waals surface area (Å²) in [6.45, 7) is 2.41. The summed E-state index contributed by atoms with van der Waals surface area (Å²) in [6, 6.07) is 19.2. The number of carbonyl (C=O) groups excluding carboxylic acids is 1. The van der Waals surface area contributed by atoms with E-state index in [2.05, 4.69) is 6.07 Å².